The van der Waals surface area contributed by atoms with Crippen molar-refractivity contribution in [2.75, 3.05) is 13.6 Å². The van der Waals surface area contributed by atoms with Crippen LogP contribution in [0, 0.1) is 17.3 Å². The summed E-state index contributed by atoms with van der Waals surface area (Å²) in [5, 5.41) is 33.5. The molecule has 2 aromatic carbocycles. The first-order chi connectivity index (χ1) is 29.9. The van der Waals surface area contributed by atoms with Crippen LogP contribution in [-0.4, -0.2) is 101 Å². The molecule has 0 aromatic heterocycles. The van der Waals surface area contributed by atoms with E-state index >= 15 is 0 Å². The standard InChI is InChI=1S/C46H68BN7O9/c1-7-8-9-10-11-15-38(57)51-32(14-12-13-20-48)43(61)54(6)39-28-17-19-35(56)31(23-28)30-21-27(16-18-34(30)55)22-33(52-40(58)26(2)50-42(39)60)41(59)53-44(49)47-62-37-25-29-24-36(45(29,3)4)46(37,5)63-47/h16-19,21,23,26,29,32-33,36-37,39,44,55-56H,7-15,20,22,24-25,48-49H2,1-6H3,(H,50,60)(H,51,57)(H,52,58)(H,53,59)/t26-,29-,32-,33-,36-,37+,39-,44+,46-/m0/s1. The van der Waals surface area contributed by atoms with Gasteiger partial charge in [-0.15, -0.1) is 0 Å². The summed E-state index contributed by atoms with van der Waals surface area (Å²) < 4.78 is 12.8. The summed E-state index contributed by atoms with van der Waals surface area (Å²) in [6.07, 6.45) is 8.08. The fourth-order valence-corrected chi connectivity index (χ4v) is 10.2. The van der Waals surface area contributed by atoms with Crippen LogP contribution in [0.2, 0.25) is 0 Å². The molecule has 1 saturated heterocycles. The lowest BCUT2D eigenvalue weighted by Crippen LogP contribution is -2.65. The van der Waals surface area contributed by atoms with Crippen molar-refractivity contribution in [1.29, 1.82) is 0 Å². The van der Waals surface area contributed by atoms with Crippen LogP contribution in [0.4, 0.5) is 0 Å². The molecule has 2 heterocycles. The molecule has 16 nitrogen and oxygen atoms in total. The van der Waals surface area contributed by atoms with Crippen molar-refractivity contribution in [3.63, 3.8) is 0 Å². The van der Waals surface area contributed by atoms with Gasteiger partial charge in [-0.2, -0.15) is 0 Å². The Kier molecular flexibility index (Phi) is 15.2. The van der Waals surface area contributed by atoms with Crippen molar-refractivity contribution in [3.05, 3.63) is 47.5 Å². The number of aromatic hydroxyl groups is 2. The van der Waals surface area contributed by atoms with Crippen molar-refractivity contribution in [1.82, 2.24) is 26.2 Å². The SMILES string of the molecule is CCCCCCCC(=O)N[C@@H](CCCCN)C(=O)N(C)[C@@H]1C(=O)N[C@@H](C)C(=O)N[C@H](C(=O)N[C@@H](N)B2O[C@@H]3C[C@@H]4C[C@@H](C4(C)C)[C@]3(C)O2)Cc2ccc(O)c(c2)-c2cc1ccc2O. The van der Waals surface area contributed by atoms with E-state index in [1.54, 1.807) is 12.1 Å². The van der Waals surface area contributed by atoms with Crippen LogP contribution >= 0.6 is 0 Å². The molecular weight excluding hydrogens is 805 g/mol. The molecular formula is C46H68BN7O9. The highest BCUT2D eigenvalue weighted by atomic mass is 16.7. The topological polar surface area (TPSA) is 248 Å². The molecule has 17 heteroatoms. The minimum atomic E-state index is -1.37. The number of likely N-dealkylation sites (N-methyl/N-ethyl adjacent to an activating group) is 1. The van der Waals surface area contributed by atoms with Gasteiger partial charge in [-0.05, 0) is 112 Å². The second kappa shape index (κ2) is 20.0. The average Bonchev–Trinajstić information content (AvgIpc) is 3.61. The van der Waals surface area contributed by atoms with Crippen molar-refractivity contribution in [3.8, 4) is 22.6 Å². The van der Waals surface area contributed by atoms with Crippen molar-refractivity contribution >= 4 is 36.7 Å². The third-order valence-electron chi connectivity index (χ3n) is 14.2. The van der Waals surface area contributed by atoms with Gasteiger partial charge in [0.05, 0.1) is 11.7 Å². The van der Waals surface area contributed by atoms with Gasteiger partial charge in [0, 0.05) is 31.0 Å². The predicted molar refractivity (Wildman–Crippen MR) is 238 cm³/mol. The Balaban J connectivity index is 1.26. The molecule has 0 unspecified atom stereocenters. The first kappa shape index (κ1) is 47.8. The lowest BCUT2D eigenvalue weighted by Gasteiger charge is -2.64. The number of hydrogen-bond acceptors (Lipinski definition) is 11. The Morgan fingerprint density at radius 3 is 2.33 bits per heavy atom. The van der Waals surface area contributed by atoms with E-state index < -0.39 is 66.6 Å². The van der Waals surface area contributed by atoms with Crippen LogP contribution in [0.25, 0.3) is 11.1 Å². The Hall–Kier alpha value is -4.71. The van der Waals surface area contributed by atoms with Gasteiger partial charge in [0.25, 0.3) is 0 Å². The van der Waals surface area contributed by atoms with Crippen LogP contribution in [0.3, 0.4) is 0 Å². The number of carbonyl (C=O) groups excluding carboxylic acids is 5. The normalized spacial score (nSPS) is 27.1. The molecule has 7 rings (SSSR count). The van der Waals surface area contributed by atoms with Crippen LogP contribution in [0.15, 0.2) is 36.4 Å². The molecule has 3 aliphatic carbocycles. The molecule has 9 atom stereocenters. The van der Waals surface area contributed by atoms with Gasteiger partial charge in [0.1, 0.15) is 41.7 Å². The number of nitrogens with one attached hydrogen (secondary N) is 4. The average molecular weight is 874 g/mol. The van der Waals surface area contributed by atoms with Crippen LogP contribution in [0.1, 0.15) is 122 Å². The fraction of sp³-hybridized carbons (Fsp3) is 0.630. The van der Waals surface area contributed by atoms with E-state index in [1.807, 2.05) is 6.92 Å². The minimum absolute atomic E-state index is 0.0563. The highest BCUT2D eigenvalue weighted by molar-refractivity contribution is 6.47. The molecule has 5 amide bonds. The molecule has 0 radical (unpaired) electrons. The maximum atomic E-state index is 14.4. The van der Waals surface area contributed by atoms with Gasteiger partial charge in [-0.25, -0.2) is 0 Å². The number of amides is 5. The van der Waals surface area contributed by atoms with Gasteiger partial charge >= 0.3 is 7.12 Å². The quantitative estimate of drug-likeness (QED) is 0.0690. The lowest BCUT2D eigenvalue weighted by molar-refractivity contribution is -0.199. The summed E-state index contributed by atoms with van der Waals surface area (Å²) in [6, 6.07) is 3.12. The summed E-state index contributed by atoms with van der Waals surface area (Å²) >= 11 is 0. The summed E-state index contributed by atoms with van der Waals surface area (Å²) in [6.45, 7) is 10.5. The molecule has 2 aliphatic heterocycles. The monoisotopic (exact) mass is 874 g/mol. The molecule has 5 aliphatic rings. The number of fused-ring (bicyclic) bond motifs is 5. The van der Waals surface area contributed by atoms with E-state index in [0.29, 0.717) is 37.3 Å². The second-order valence-electron chi connectivity index (χ2n) is 18.9. The fourth-order valence-electron chi connectivity index (χ4n) is 10.2. The number of phenolic OH excluding ortho intramolecular Hbond substituents is 2. The molecule has 10 N–H and O–H groups in total. The molecule has 2 aromatic rings. The zero-order valence-electron chi connectivity index (χ0n) is 37.7. The molecule has 0 spiro atoms. The molecule has 4 fully saturated rings. The summed E-state index contributed by atoms with van der Waals surface area (Å²) in [4.78, 5) is 71.3. The number of rotatable bonds is 16. The number of carbonyl (C=O) groups is 5. The highest BCUT2D eigenvalue weighted by Gasteiger charge is 2.68. The highest BCUT2D eigenvalue weighted by Crippen LogP contribution is 2.65. The largest absolute Gasteiger partial charge is 0.507 e. The van der Waals surface area contributed by atoms with Crippen molar-refractivity contribution in [2.24, 2.45) is 28.7 Å². The maximum Gasteiger partial charge on any atom is 0.497 e. The van der Waals surface area contributed by atoms with Gasteiger partial charge in [0.15, 0.2) is 0 Å². The number of nitrogens with two attached hydrogens (primary N) is 2. The van der Waals surface area contributed by atoms with Crippen LogP contribution < -0.4 is 32.7 Å². The number of phenols is 2. The van der Waals surface area contributed by atoms with E-state index in [1.165, 1.54) is 43.1 Å². The van der Waals surface area contributed by atoms with E-state index in [-0.39, 0.29) is 70.8 Å². The predicted octanol–water partition coefficient (Wildman–Crippen LogP) is 3.45. The zero-order chi connectivity index (χ0) is 45.8. The Morgan fingerprint density at radius 1 is 0.937 bits per heavy atom. The van der Waals surface area contributed by atoms with E-state index in [9.17, 15) is 34.2 Å². The van der Waals surface area contributed by atoms with Gasteiger partial charge < -0.3 is 57.2 Å². The Morgan fingerprint density at radius 2 is 1.63 bits per heavy atom. The van der Waals surface area contributed by atoms with E-state index in [2.05, 4.69) is 42.0 Å². The molecule has 3 saturated carbocycles. The van der Waals surface area contributed by atoms with Crippen molar-refractivity contribution < 1.29 is 43.5 Å². The number of unbranched alkanes of at least 4 members (excludes halogenated alkanes) is 5. The molecule has 63 heavy (non-hydrogen) atoms. The number of benzene rings is 2. The number of hydrogen-bond donors (Lipinski definition) is 8. The molecule has 6 bridgehead atoms. The summed E-state index contributed by atoms with van der Waals surface area (Å²) in [5.74, 6) is -2.51. The summed E-state index contributed by atoms with van der Waals surface area (Å²) in [5.41, 5.74) is 13.0. The van der Waals surface area contributed by atoms with Crippen LogP contribution in [0.5, 0.6) is 11.5 Å². The molecule has 344 valence electrons. The smallest absolute Gasteiger partial charge is 0.497 e. The van der Waals surface area contributed by atoms with Crippen molar-refractivity contribution in [2.45, 2.75) is 154 Å². The van der Waals surface area contributed by atoms with Crippen LogP contribution in [-0.2, 0) is 39.7 Å². The van der Waals surface area contributed by atoms with E-state index in [4.69, 9.17) is 20.8 Å². The minimum Gasteiger partial charge on any atom is -0.507 e. The Labute approximate surface area is 371 Å². The summed E-state index contributed by atoms with van der Waals surface area (Å²) in [7, 11) is 0.515. The number of nitrogens with zero attached hydrogens (tertiary/aromatic N) is 1. The second-order valence-corrected chi connectivity index (χ2v) is 18.9. The van der Waals surface area contributed by atoms with Gasteiger partial charge in [-0.3, -0.25) is 24.0 Å². The van der Waals surface area contributed by atoms with E-state index in [0.717, 1.165) is 38.5 Å². The third-order valence-corrected chi connectivity index (χ3v) is 14.2. The third kappa shape index (κ3) is 10.3. The zero-order valence-corrected chi connectivity index (χ0v) is 37.7. The first-order valence-corrected chi connectivity index (χ1v) is 22.8. The maximum absolute atomic E-state index is 14.4. The van der Waals surface area contributed by atoms with Gasteiger partial charge in [-0.1, -0.05) is 58.6 Å². The first-order valence-electron chi connectivity index (χ1n) is 22.8. The van der Waals surface area contributed by atoms with Gasteiger partial charge in [0.2, 0.25) is 29.5 Å². The Bertz CT molecular complexity index is 2020. The lowest BCUT2D eigenvalue weighted by atomic mass is 9.43.